The number of hydrogen-bond donors (Lipinski definition) is 1. The SMILES string of the molecule is CCCC(C)(O)Oc1ccccc1OC(C)=O. The summed E-state index contributed by atoms with van der Waals surface area (Å²) in [5, 5.41) is 9.96. The van der Waals surface area contributed by atoms with Crippen LogP contribution in [0.3, 0.4) is 0 Å². The van der Waals surface area contributed by atoms with Crippen LogP contribution in [0, 0.1) is 0 Å². The van der Waals surface area contributed by atoms with E-state index in [9.17, 15) is 9.90 Å². The predicted octanol–water partition coefficient (Wildman–Crippen LogP) is 2.50. The fourth-order valence-electron chi connectivity index (χ4n) is 1.53. The first-order valence-electron chi connectivity index (χ1n) is 5.63. The summed E-state index contributed by atoms with van der Waals surface area (Å²) in [5.41, 5.74) is 0. The number of carbonyl (C=O) groups is 1. The van der Waals surface area contributed by atoms with Gasteiger partial charge in [0.05, 0.1) is 0 Å². The van der Waals surface area contributed by atoms with Crippen LogP contribution in [0.5, 0.6) is 11.5 Å². The van der Waals surface area contributed by atoms with Crippen molar-refractivity contribution < 1.29 is 19.4 Å². The molecule has 0 heterocycles. The Kier molecular flexibility index (Phi) is 4.52. The number of aliphatic hydroxyl groups is 1. The van der Waals surface area contributed by atoms with E-state index in [0.717, 1.165) is 6.42 Å². The number of benzene rings is 1. The maximum atomic E-state index is 10.9. The van der Waals surface area contributed by atoms with E-state index in [1.165, 1.54) is 6.92 Å². The molecule has 0 aliphatic heterocycles. The van der Waals surface area contributed by atoms with Crippen molar-refractivity contribution in [2.75, 3.05) is 0 Å². The van der Waals surface area contributed by atoms with E-state index in [0.29, 0.717) is 17.9 Å². The summed E-state index contributed by atoms with van der Waals surface area (Å²) in [5.74, 6) is -1.00. The Balaban J connectivity index is 2.86. The van der Waals surface area contributed by atoms with E-state index in [1.807, 2.05) is 6.92 Å². The molecule has 0 aliphatic rings. The molecule has 4 nitrogen and oxygen atoms in total. The molecule has 1 N–H and O–H groups in total. The Hall–Kier alpha value is -1.55. The summed E-state index contributed by atoms with van der Waals surface area (Å²) in [4.78, 5) is 10.9. The van der Waals surface area contributed by atoms with Crippen LogP contribution in [0.15, 0.2) is 24.3 Å². The van der Waals surface area contributed by atoms with Crippen molar-refractivity contribution >= 4 is 5.97 Å². The van der Waals surface area contributed by atoms with Gasteiger partial charge in [-0.2, -0.15) is 0 Å². The summed E-state index contributed by atoms with van der Waals surface area (Å²) < 4.78 is 10.4. The number of rotatable bonds is 5. The normalized spacial score (nSPS) is 13.9. The summed E-state index contributed by atoms with van der Waals surface area (Å²) in [6.07, 6.45) is 1.30. The third kappa shape index (κ3) is 4.44. The third-order valence-electron chi connectivity index (χ3n) is 2.15. The molecule has 1 atom stereocenters. The quantitative estimate of drug-likeness (QED) is 0.486. The zero-order chi connectivity index (χ0) is 12.9. The average molecular weight is 238 g/mol. The highest BCUT2D eigenvalue weighted by Crippen LogP contribution is 2.30. The molecule has 1 unspecified atom stereocenters. The van der Waals surface area contributed by atoms with Crippen molar-refractivity contribution in [1.82, 2.24) is 0 Å². The predicted molar refractivity (Wildman–Crippen MR) is 63.9 cm³/mol. The third-order valence-corrected chi connectivity index (χ3v) is 2.15. The number of para-hydroxylation sites is 2. The Labute approximate surface area is 101 Å². The monoisotopic (exact) mass is 238 g/mol. The van der Waals surface area contributed by atoms with Crippen LogP contribution < -0.4 is 9.47 Å². The zero-order valence-electron chi connectivity index (χ0n) is 10.4. The number of ether oxygens (including phenoxy) is 2. The lowest BCUT2D eigenvalue weighted by molar-refractivity contribution is -0.136. The molecule has 94 valence electrons. The standard InChI is InChI=1S/C13H18O4/c1-4-9-13(3,15)17-12-8-6-5-7-11(12)16-10(2)14/h5-8,15H,4,9H2,1-3H3. The van der Waals surface area contributed by atoms with Crippen LogP contribution in [-0.2, 0) is 4.79 Å². The molecule has 4 heteroatoms. The highest BCUT2D eigenvalue weighted by atomic mass is 16.6. The van der Waals surface area contributed by atoms with E-state index in [-0.39, 0.29) is 0 Å². The van der Waals surface area contributed by atoms with E-state index in [4.69, 9.17) is 9.47 Å². The molecule has 0 aromatic heterocycles. The van der Waals surface area contributed by atoms with Crippen molar-refractivity contribution in [3.05, 3.63) is 24.3 Å². The summed E-state index contributed by atoms with van der Waals surface area (Å²) in [7, 11) is 0. The molecule has 0 spiro atoms. The second-order valence-electron chi connectivity index (χ2n) is 4.07. The van der Waals surface area contributed by atoms with E-state index >= 15 is 0 Å². The van der Waals surface area contributed by atoms with Gasteiger partial charge in [0.15, 0.2) is 11.5 Å². The van der Waals surface area contributed by atoms with Crippen LogP contribution in [-0.4, -0.2) is 16.9 Å². The minimum atomic E-state index is -1.26. The van der Waals surface area contributed by atoms with E-state index in [1.54, 1.807) is 31.2 Å². The van der Waals surface area contributed by atoms with Gasteiger partial charge in [0, 0.05) is 20.3 Å². The van der Waals surface area contributed by atoms with Crippen molar-refractivity contribution in [3.8, 4) is 11.5 Å². The smallest absolute Gasteiger partial charge is 0.308 e. The average Bonchev–Trinajstić information content (AvgIpc) is 2.19. The number of esters is 1. The lowest BCUT2D eigenvalue weighted by atomic mass is 10.2. The lowest BCUT2D eigenvalue weighted by Gasteiger charge is -2.25. The van der Waals surface area contributed by atoms with Crippen molar-refractivity contribution in [2.24, 2.45) is 0 Å². The minimum Gasteiger partial charge on any atom is -0.459 e. The first-order chi connectivity index (χ1) is 7.94. The van der Waals surface area contributed by atoms with Gasteiger partial charge >= 0.3 is 5.97 Å². The molecule has 0 aliphatic carbocycles. The highest BCUT2D eigenvalue weighted by molar-refractivity contribution is 5.70. The molecular weight excluding hydrogens is 220 g/mol. The van der Waals surface area contributed by atoms with Gasteiger partial charge in [0.2, 0.25) is 5.79 Å². The molecule has 0 saturated carbocycles. The Morgan fingerprint density at radius 2 is 1.94 bits per heavy atom. The van der Waals surface area contributed by atoms with Crippen LogP contribution >= 0.6 is 0 Å². The topological polar surface area (TPSA) is 55.8 Å². The van der Waals surface area contributed by atoms with Gasteiger partial charge in [-0.15, -0.1) is 0 Å². The molecule has 0 fully saturated rings. The number of carbonyl (C=O) groups excluding carboxylic acids is 1. The second kappa shape index (κ2) is 5.68. The highest BCUT2D eigenvalue weighted by Gasteiger charge is 2.23. The Bertz CT molecular complexity index is 385. The largest absolute Gasteiger partial charge is 0.459 e. The van der Waals surface area contributed by atoms with Gasteiger partial charge in [-0.1, -0.05) is 19.1 Å². The van der Waals surface area contributed by atoms with Gasteiger partial charge in [-0.25, -0.2) is 0 Å². The van der Waals surface area contributed by atoms with Crippen LogP contribution in [0.2, 0.25) is 0 Å². The molecule has 1 rings (SSSR count). The molecular formula is C13H18O4. The number of hydrogen-bond acceptors (Lipinski definition) is 4. The van der Waals surface area contributed by atoms with Crippen molar-refractivity contribution in [3.63, 3.8) is 0 Å². The molecule has 0 radical (unpaired) electrons. The minimum absolute atomic E-state index is 0.316. The molecule has 0 bridgehead atoms. The Morgan fingerprint density at radius 3 is 2.47 bits per heavy atom. The van der Waals surface area contributed by atoms with Gasteiger partial charge in [-0.05, 0) is 18.6 Å². The van der Waals surface area contributed by atoms with Crippen molar-refractivity contribution in [1.29, 1.82) is 0 Å². The molecule has 0 amide bonds. The molecule has 17 heavy (non-hydrogen) atoms. The summed E-state index contributed by atoms with van der Waals surface area (Å²) >= 11 is 0. The van der Waals surface area contributed by atoms with Gasteiger partial charge in [0.1, 0.15) is 0 Å². The maximum Gasteiger partial charge on any atom is 0.308 e. The second-order valence-corrected chi connectivity index (χ2v) is 4.07. The Morgan fingerprint density at radius 1 is 1.35 bits per heavy atom. The zero-order valence-corrected chi connectivity index (χ0v) is 10.4. The first-order valence-corrected chi connectivity index (χ1v) is 5.63. The maximum absolute atomic E-state index is 10.9. The molecule has 1 aromatic carbocycles. The van der Waals surface area contributed by atoms with Crippen molar-refractivity contribution in [2.45, 2.75) is 39.4 Å². The summed E-state index contributed by atoms with van der Waals surface area (Å²) in [6, 6.07) is 6.77. The molecule has 1 aromatic rings. The van der Waals surface area contributed by atoms with Crippen LogP contribution in [0.4, 0.5) is 0 Å². The fourth-order valence-corrected chi connectivity index (χ4v) is 1.53. The summed E-state index contributed by atoms with van der Waals surface area (Å²) in [6.45, 7) is 4.86. The van der Waals surface area contributed by atoms with Crippen LogP contribution in [0.1, 0.15) is 33.6 Å². The fraction of sp³-hybridized carbons (Fsp3) is 0.462. The van der Waals surface area contributed by atoms with Gasteiger partial charge in [0.25, 0.3) is 0 Å². The van der Waals surface area contributed by atoms with Crippen LogP contribution in [0.25, 0.3) is 0 Å². The van der Waals surface area contributed by atoms with Gasteiger partial charge in [-0.3, -0.25) is 4.79 Å². The first kappa shape index (κ1) is 13.5. The van der Waals surface area contributed by atoms with E-state index < -0.39 is 11.8 Å². The molecule has 0 saturated heterocycles. The van der Waals surface area contributed by atoms with Gasteiger partial charge < -0.3 is 14.6 Å². The lowest BCUT2D eigenvalue weighted by Crippen LogP contribution is -2.31. The van der Waals surface area contributed by atoms with E-state index in [2.05, 4.69) is 0 Å².